The molecule has 7 aliphatic rings. The van der Waals surface area contributed by atoms with Crippen LogP contribution in [0.15, 0.2) is 0 Å². The molecular weight excluding hydrogens is 833 g/mol. The van der Waals surface area contributed by atoms with E-state index in [1.807, 2.05) is 27.7 Å². The van der Waals surface area contributed by atoms with Gasteiger partial charge in [-0.1, -0.05) is 27.7 Å². The van der Waals surface area contributed by atoms with Crippen LogP contribution in [-0.4, -0.2) is 150 Å². The van der Waals surface area contributed by atoms with Gasteiger partial charge in [-0.3, -0.25) is 9.59 Å². The summed E-state index contributed by atoms with van der Waals surface area (Å²) in [6.07, 6.45) is -2.11. The van der Waals surface area contributed by atoms with Gasteiger partial charge in [0, 0.05) is 40.4 Å². The molecule has 0 aromatic rings. The molecule has 4 saturated carbocycles. The maximum Gasteiger partial charge on any atom is 0.309 e. The molecule has 4 aliphatic carbocycles. The van der Waals surface area contributed by atoms with E-state index < -0.39 is 108 Å². The highest BCUT2D eigenvalue weighted by Crippen LogP contribution is 2.71. The van der Waals surface area contributed by atoms with Gasteiger partial charge in [0.25, 0.3) is 0 Å². The second-order valence-electron chi connectivity index (χ2n) is 21.1. The number of ether oxygens (including phenoxy) is 10. The van der Waals surface area contributed by atoms with Gasteiger partial charge in [0.1, 0.15) is 36.1 Å². The fourth-order valence-electron chi connectivity index (χ4n) is 13.6. The second-order valence-corrected chi connectivity index (χ2v) is 21.1. The van der Waals surface area contributed by atoms with Crippen molar-refractivity contribution < 1.29 is 77.4 Å². The monoisotopic (exact) mass is 913 g/mol. The number of fused-ring (bicyclic) bond motifs is 5. The Kier molecular flexibility index (Phi) is 15.3. The molecule has 7 rings (SSSR count). The number of hydrogen-bond donors (Lipinski definition) is 4. The Morgan fingerprint density at radius 3 is 1.97 bits per heavy atom. The zero-order chi connectivity index (χ0) is 46.7. The molecule has 4 N–H and O–H groups in total. The van der Waals surface area contributed by atoms with Gasteiger partial charge in [-0.05, 0) is 109 Å². The Labute approximate surface area is 379 Å². The summed E-state index contributed by atoms with van der Waals surface area (Å²) in [5, 5.41) is 47.5. The van der Waals surface area contributed by atoms with Crippen molar-refractivity contribution in [2.75, 3.05) is 14.2 Å². The average molecular weight is 913 g/mol. The average Bonchev–Trinajstić information content (AvgIpc) is 3.47. The SMILES string of the molecule is CC[C@@H](C)C(=O)O[C@H](C)[C@@]1(O)CC[C@@]2(O)[C@@H]3CC[C@H]4C[C@@H](O[C@H]5C[C@H](O)[C@@H](O[C@H]6C[C@@H](OC)[C@@H](O[C@@H]7C[C@@H](OC)[C@H](O)[C@@H](C)O7)[C@H](C)O6)[C@H](C)O5)CC[C@@]4(C)[C@H]3C[C@H](OC(C)=O)[C@@]21C. The molecule has 3 heterocycles. The number of methoxy groups -OCH3 is 2. The fourth-order valence-corrected chi connectivity index (χ4v) is 13.6. The zero-order valence-electron chi connectivity index (χ0n) is 40.1. The lowest BCUT2D eigenvalue weighted by Gasteiger charge is -2.66. The summed E-state index contributed by atoms with van der Waals surface area (Å²) >= 11 is 0. The number of rotatable bonds is 13. The summed E-state index contributed by atoms with van der Waals surface area (Å²) in [5.41, 5.74) is -4.42. The van der Waals surface area contributed by atoms with Crippen molar-refractivity contribution in [2.24, 2.45) is 34.5 Å². The number of esters is 2. The van der Waals surface area contributed by atoms with Crippen LogP contribution in [0.25, 0.3) is 0 Å². The van der Waals surface area contributed by atoms with Crippen LogP contribution in [-0.2, 0) is 57.0 Å². The summed E-state index contributed by atoms with van der Waals surface area (Å²) in [5.74, 6) is -1.06. The minimum absolute atomic E-state index is 0.0197. The standard InChI is InChI=1S/C48H80O16/c1-12-24(2)44(52)60-28(6)47(53)17-18-48(54)32-14-13-30-19-31(15-16-45(30,8)33(32)20-37(46(47,48)9)61-29(7)49)62-38-21-34(50)42(26(4)58-38)63-40-23-36(56-11)43(27(5)59-40)64-39-22-35(55-10)41(51)25(3)57-39/h24-28,30-43,50-51,53-54H,12-23H2,1-11H3/t24-,25-,26+,27+,28-,30+,31+,32-,33+,34+,35-,36-,37+,38+,39-,40+,41-,42+,43+,45-,46-,47+,48-/m1/s1. The third-order valence-corrected chi connectivity index (χ3v) is 17.8. The van der Waals surface area contributed by atoms with Gasteiger partial charge >= 0.3 is 11.9 Å². The lowest BCUT2D eigenvalue weighted by Crippen LogP contribution is -2.72. The molecular formula is C48H80O16. The lowest BCUT2D eigenvalue weighted by molar-refractivity contribution is -0.338. The minimum atomic E-state index is -1.61. The summed E-state index contributed by atoms with van der Waals surface area (Å²) in [7, 11) is 3.18. The molecule has 0 amide bonds. The third kappa shape index (κ3) is 8.96. The van der Waals surface area contributed by atoms with Crippen LogP contribution in [0.4, 0.5) is 0 Å². The van der Waals surface area contributed by atoms with E-state index >= 15 is 0 Å². The van der Waals surface area contributed by atoms with E-state index in [4.69, 9.17) is 47.4 Å². The summed E-state index contributed by atoms with van der Waals surface area (Å²) in [4.78, 5) is 25.7. The largest absolute Gasteiger partial charge is 0.462 e. The Morgan fingerprint density at radius 1 is 0.734 bits per heavy atom. The van der Waals surface area contributed by atoms with Crippen LogP contribution >= 0.6 is 0 Å². The van der Waals surface area contributed by atoms with Gasteiger partial charge in [-0.25, -0.2) is 0 Å². The smallest absolute Gasteiger partial charge is 0.309 e. The van der Waals surface area contributed by atoms with E-state index in [9.17, 15) is 30.0 Å². The summed E-state index contributed by atoms with van der Waals surface area (Å²) in [6, 6.07) is 0. The summed E-state index contributed by atoms with van der Waals surface area (Å²) in [6.45, 7) is 16.5. The van der Waals surface area contributed by atoms with Crippen molar-refractivity contribution in [3.05, 3.63) is 0 Å². The normalized spacial score (nSPS) is 50.3. The Hall–Kier alpha value is -1.54. The predicted molar refractivity (Wildman–Crippen MR) is 229 cm³/mol. The van der Waals surface area contributed by atoms with Crippen molar-refractivity contribution >= 4 is 11.9 Å². The van der Waals surface area contributed by atoms with Crippen molar-refractivity contribution in [2.45, 2.75) is 243 Å². The van der Waals surface area contributed by atoms with Gasteiger partial charge < -0.3 is 67.8 Å². The highest BCUT2D eigenvalue weighted by Gasteiger charge is 2.77. The van der Waals surface area contributed by atoms with E-state index in [2.05, 4.69) is 6.92 Å². The second kappa shape index (κ2) is 19.5. The number of aliphatic hydroxyl groups is 4. The Bertz CT molecular complexity index is 1610. The maximum atomic E-state index is 13.0. The zero-order valence-corrected chi connectivity index (χ0v) is 40.1. The number of hydrogen-bond acceptors (Lipinski definition) is 16. The van der Waals surface area contributed by atoms with E-state index in [0.29, 0.717) is 32.1 Å². The Morgan fingerprint density at radius 2 is 1.34 bits per heavy atom. The van der Waals surface area contributed by atoms with Crippen molar-refractivity contribution in [3.8, 4) is 0 Å². The number of carbonyl (C=O) groups is 2. The van der Waals surface area contributed by atoms with Crippen molar-refractivity contribution in [3.63, 3.8) is 0 Å². The maximum absolute atomic E-state index is 13.0. The lowest BCUT2D eigenvalue weighted by atomic mass is 9.42. The van der Waals surface area contributed by atoms with Gasteiger partial charge in [0.15, 0.2) is 18.9 Å². The first-order valence-corrected chi connectivity index (χ1v) is 24.3. The van der Waals surface area contributed by atoms with E-state index in [1.165, 1.54) is 6.92 Å². The quantitative estimate of drug-likeness (QED) is 0.146. The summed E-state index contributed by atoms with van der Waals surface area (Å²) < 4.78 is 61.4. The molecule has 0 radical (unpaired) electrons. The van der Waals surface area contributed by atoms with Gasteiger partial charge in [0.05, 0.1) is 59.7 Å². The molecule has 16 heteroatoms. The molecule has 64 heavy (non-hydrogen) atoms. The highest BCUT2D eigenvalue weighted by molar-refractivity contribution is 5.72. The van der Waals surface area contributed by atoms with E-state index in [1.54, 1.807) is 35.0 Å². The molecule has 3 saturated heterocycles. The van der Waals surface area contributed by atoms with E-state index in [0.717, 1.165) is 32.1 Å². The van der Waals surface area contributed by atoms with Crippen LogP contribution in [0.2, 0.25) is 0 Å². The van der Waals surface area contributed by atoms with Crippen LogP contribution < -0.4 is 0 Å². The third-order valence-electron chi connectivity index (χ3n) is 17.8. The minimum Gasteiger partial charge on any atom is -0.462 e. The van der Waals surface area contributed by atoms with Crippen LogP contribution in [0.1, 0.15) is 139 Å². The Balaban J connectivity index is 0.955. The molecule has 3 aliphatic heterocycles. The van der Waals surface area contributed by atoms with Crippen LogP contribution in [0.3, 0.4) is 0 Å². The highest BCUT2D eigenvalue weighted by atomic mass is 16.7. The molecule has 7 fully saturated rings. The molecule has 0 bridgehead atoms. The topological polar surface area (TPSA) is 207 Å². The van der Waals surface area contributed by atoms with Crippen LogP contribution in [0.5, 0.6) is 0 Å². The molecule has 16 nitrogen and oxygen atoms in total. The first kappa shape index (κ1) is 50.3. The first-order valence-electron chi connectivity index (χ1n) is 24.3. The molecule has 23 atom stereocenters. The first-order chi connectivity index (χ1) is 30.1. The molecule has 368 valence electrons. The molecule has 0 aromatic heterocycles. The van der Waals surface area contributed by atoms with E-state index in [-0.39, 0.29) is 54.1 Å². The molecule has 0 aromatic carbocycles. The molecule has 0 spiro atoms. The van der Waals surface area contributed by atoms with Gasteiger partial charge in [0.2, 0.25) is 0 Å². The van der Waals surface area contributed by atoms with Crippen molar-refractivity contribution in [1.82, 2.24) is 0 Å². The van der Waals surface area contributed by atoms with Crippen molar-refractivity contribution in [1.29, 1.82) is 0 Å². The fraction of sp³-hybridized carbons (Fsp3) is 0.958. The predicted octanol–water partition coefficient (Wildman–Crippen LogP) is 4.71. The molecule has 0 unspecified atom stereocenters. The number of aliphatic hydroxyl groups excluding tert-OH is 2. The van der Waals surface area contributed by atoms with Crippen LogP contribution in [0, 0.1) is 34.5 Å². The van der Waals surface area contributed by atoms with Gasteiger partial charge in [-0.15, -0.1) is 0 Å². The number of carbonyl (C=O) groups excluding carboxylic acids is 2. The van der Waals surface area contributed by atoms with Gasteiger partial charge in [-0.2, -0.15) is 0 Å².